The molecule has 1 fully saturated rings. The normalized spacial score (nSPS) is 16.1. The van der Waals surface area contributed by atoms with Crippen LogP contribution in [0.4, 0.5) is 4.79 Å². The van der Waals surface area contributed by atoms with Crippen LogP contribution in [0.3, 0.4) is 0 Å². The van der Waals surface area contributed by atoms with E-state index >= 15 is 0 Å². The van der Waals surface area contributed by atoms with Gasteiger partial charge in [0.15, 0.2) is 11.5 Å². The maximum atomic E-state index is 11.2. The Morgan fingerprint density at radius 2 is 1.88 bits per heavy atom. The number of rotatable bonds is 6. The number of carbonyl (C=O) groups is 1. The zero-order chi connectivity index (χ0) is 17.7. The van der Waals surface area contributed by atoms with E-state index in [1.807, 2.05) is 45.9 Å². The number of amidine groups is 1. The lowest BCUT2D eigenvalue weighted by Gasteiger charge is -2.17. The first-order chi connectivity index (χ1) is 11.5. The summed E-state index contributed by atoms with van der Waals surface area (Å²) in [5.41, 5.74) is 3.03. The number of thioether (sulfide) groups is 1. The lowest BCUT2D eigenvalue weighted by atomic mass is 10.0. The number of hydrogen-bond donors (Lipinski definition) is 2. The summed E-state index contributed by atoms with van der Waals surface area (Å²) in [7, 11) is 0. The van der Waals surface area contributed by atoms with Crippen molar-refractivity contribution in [3.8, 4) is 11.5 Å². The number of hydrogen-bond acceptors (Lipinski definition) is 5. The Morgan fingerprint density at radius 3 is 2.46 bits per heavy atom. The van der Waals surface area contributed by atoms with Gasteiger partial charge in [0.05, 0.1) is 18.1 Å². The maximum Gasteiger partial charge on any atom is 0.289 e. The highest BCUT2D eigenvalue weighted by molar-refractivity contribution is 8.18. The summed E-state index contributed by atoms with van der Waals surface area (Å²) in [4.78, 5) is 11.8. The SMILES string of the molecule is CCOc1c(C)cc(C=CC=C2SC(=O)NC2=N)c(C)c1OCC. The van der Waals surface area contributed by atoms with E-state index in [1.165, 1.54) is 0 Å². The van der Waals surface area contributed by atoms with Crippen LogP contribution in [-0.4, -0.2) is 24.3 Å². The highest BCUT2D eigenvalue weighted by atomic mass is 32.2. The van der Waals surface area contributed by atoms with Crippen LogP contribution < -0.4 is 14.8 Å². The first-order valence-corrected chi connectivity index (χ1v) is 8.65. The van der Waals surface area contributed by atoms with E-state index in [0.29, 0.717) is 18.1 Å². The Labute approximate surface area is 146 Å². The minimum absolute atomic E-state index is 0.143. The molecular formula is C18H22N2O3S. The van der Waals surface area contributed by atoms with E-state index in [1.54, 1.807) is 6.08 Å². The highest BCUT2D eigenvalue weighted by Crippen LogP contribution is 2.37. The third kappa shape index (κ3) is 4.00. The molecule has 1 aliphatic heterocycles. The van der Waals surface area contributed by atoms with Crippen LogP contribution in [0.25, 0.3) is 6.08 Å². The highest BCUT2D eigenvalue weighted by Gasteiger charge is 2.20. The molecule has 1 aliphatic rings. The summed E-state index contributed by atoms with van der Waals surface area (Å²) >= 11 is 1.03. The molecule has 0 radical (unpaired) electrons. The zero-order valence-electron chi connectivity index (χ0n) is 14.4. The number of carbonyl (C=O) groups excluding carboxylic acids is 1. The van der Waals surface area contributed by atoms with Crippen molar-refractivity contribution < 1.29 is 14.3 Å². The molecule has 2 rings (SSSR count). The molecule has 24 heavy (non-hydrogen) atoms. The average molecular weight is 346 g/mol. The number of benzene rings is 1. The molecule has 0 spiro atoms. The molecule has 0 atom stereocenters. The molecular weight excluding hydrogens is 324 g/mol. The van der Waals surface area contributed by atoms with Gasteiger partial charge in [0.25, 0.3) is 5.24 Å². The Kier molecular flexibility index (Phi) is 6.09. The second-order valence-corrected chi connectivity index (χ2v) is 6.23. The predicted molar refractivity (Wildman–Crippen MR) is 99.2 cm³/mol. The number of allylic oxidation sites excluding steroid dienone is 2. The van der Waals surface area contributed by atoms with Crippen LogP contribution in [0, 0.1) is 19.3 Å². The minimum Gasteiger partial charge on any atom is -0.490 e. The van der Waals surface area contributed by atoms with Gasteiger partial charge in [-0.1, -0.05) is 12.2 Å². The van der Waals surface area contributed by atoms with Crippen LogP contribution in [0.15, 0.2) is 23.1 Å². The van der Waals surface area contributed by atoms with E-state index in [-0.39, 0.29) is 11.1 Å². The predicted octanol–water partition coefficient (Wildman–Crippen LogP) is 4.43. The molecule has 0 unspecified atom stereocenters. The van der Waals surface area contributed by atoms with Crippen molar-refractivity contribution in [1.29, 1.82) is 5.41 Å². The first kappa shape index (κ1) is 18.1. The molecule has 128 valence electrons. The summed E-state index contributed by atoms with van der Waals surface area (Å²) in [5.74, 6) is 1.70. The van der Waals surface area contributed by atoms with Gasteiger partial charge in [0, 0.05) is 5.56 Å². The number of nitrogens with one attached hydrogen (secondary N) is 2. The second kappa shape index (κ2) is 8.06. The third-order valence-electron chi connectivity index (χ3n) is 3.49. The van der Waals surface area contributed by atoms with Gasteiger partial charge in [-0.05, 0) is 62.7 Å². The first-order valence-electron chi connectivity index (χ1n) is 7.83. The van der Waals surface area contributed by atoms with Crippen molar-refractivity contribution in [1.82, 2.24) is 5.32 Å². The number of amides is 1. The zero-order valence-corrected chi connectivity index (χ0v) is 15.2. The van der Waals surface area contributed by atoms with E-state index in [0.717, 1.165) is 40.0 Å². The molecule has 0 saturated carbocycles. The summed E-state index contributed by atoms with van der Waals surface area (Å²) in [5, 5.41) is 9.90. The molecule has 6 heteroatoms. The third-order valence-corrected chi connectivity index (χ3v) is 4.33. The Balaban J connectivity index is 2.33. The van der Waals surface area contributed by atoms with Gasteiger partial charge in [-0.2, -0.15) is 0 Å². The van der Waals surface area contributed by atoms with Gasteiger partial charge in [0.2, 0.25) is 0 Å². The summed E-state index contributed by atoms with van der Waals surface area (Å²) in [6, 6.07) is 2.05. The van der Waals surface area contributed by atoms with Crippen LogP contribution in [0.1, 0.15) is 30.5 Å². The van der Waals surface area contributed by atoms with E-state index in [2.05, 4.69) is 5.32 Å². The molecule has 1 saturated heterocycles. The summed E-state index contributed by atoms with van der Waals surface area (Å²) in [6.45, 7) is 9.05. The molecule has 0 bridgehead atoms. The lowest BCUT2D eigenvalue weighted by Crippen LogP contribution is -2.17. The van der Waals surface area contributed by atoms with E-state index in [4.69, 9.17) is 14.9 Å². The maximum absolute atomic E-state index is 11.2. The second-order valence-electron chi connectivity index (χ2n) is 5.21. The van der Waals surface area contributed by atoms with Gasteiger partial charge < -0.3 is 14.8 Å². The van der Waals surface area contributed by atoms with Gasteiger partial charge in [-0.15, -0.1) is 0 Å². The van der Waals surface area contributed by atoms with E-state index < -0.39 is 0 Å². The Morgan fingerprint density at radius 1 is 1.21 bits per heavy atom. The quantitative estimate of drug-likeness (QED) is 0.799. The molecule has 1 amide bonds. The van der Waals surface area contributed by atoms with Gasteiger partial charge in [-0.25, -0.2) is 0 Å². The van der Waals surface area contributed by atoms with Crippen molar-refractivity contribution in [3.05, 3.63) is 39.8 Å². The molecule has 0 aliphatic carbocycles. The number of ether oxygens (including phenoxy) is 2. The van der Waals surface area contributed by atoms with Crippen LogP contribution in [-0.2, 0) is 0 Å². The average Bonchev–Trinajstić information content (AvgIpc) is 2.85. The lowest BCUT2D eigenvalue weighted by molar-refractivity contribution is 0.265. The van der Waals surface area contributed by atoms with Crippen molar-refractivity contribution >= 4 is 28.9 Å². The molecule has 1 aromatic rings. The Hall–Kier alpha value is -2.21. The van der Waals surface area contributed by atoms with Gasteiger partial charge in [-0.3, -0.25) is 10.2 Å². The fourth-order valence-electron chi connectivity index (χ4n) is 2.40. The Bertz CT molecular complexity index is 723. The largest absolute Gasteiger partial charge is 0.490 e. The number of aryl methyl sites for hydroxylation is 1. The van der Waals surface area contributed by atoms with Crippen LogP contribution >= 0.6 is 11.8 Å². The smallest absolute Gasteiger partial charge is 0.289 e. The summed E-state index contributed by atoms with van der Waals surface area (Å²) < 4.78 is 11.5. The monoisotopic (exact) mass is 346 g/mol. The van der Waals surface area contributed by atoms with Gasteiger partial charge >= 0.3 is 0 Å². The molecule has 5 nitrogen and oxygen atoms in total. The molecule has 1 aromatic carbocycles. The fraction of sp³-hybridized carbons (Fsp3) is 0.333. The van der Waals surface area contributed by atoms with Crippen LogP contribution in [0.2, 0.25) is 0 Å². The van der Waals surface area contributed by atoms with Gasteiger partial charge in [0.1, 0.15) is 5.84 Å². The standard InChI is InChI=1S/C18H22N2O3S/c1-5-22-15-11(3)10-13(12(4)16(15)23-6-2)8-7-9-14-17(19)20-18(21)24-14/h7-10H,5-6H2,1-4H3,(H2,19,20,21). The van der Waals surface area contributed by atoms with Crippen molar-refractivity contribution in [3.63, 3.8) is 0 Å². The molecule has 2 N–H and O–H groups in total. The van der Waals surface area contributed by atoms with Crippen molar-refractivity contribution in [2.45, 2.75) is 27.7 Å². The fourth-order valence-corrected chi connectivity index (χ4v) is 3.05. The topological polar surface area (TPSA) is 71.4 Å². The molecule has 0 aromatic heterocycles. The minimum atomic E-state index is -0.216. The molecule has 1 heterocycles. The van der Waals surface area contributed by atoms with Crippen molar-refractivity contribution in [2.24, 2.45) is 0 Å². The summed E-state index contributed by atoms with van der Waals surface area (Å²) in [6.07, 6.45) is 5.55. The van der Waals surface area contributed by atoms with E-state index in [9.17, 15) is 4.79 Å². The van der Waals surface area contributed by atoms with Crippen molar-refractivity contribution in [2.75, 3.05) is 13.2 Å². The van der Waals surface area contributed by atoms with Crippen LogP contribution in [0.5, 0.6) is 11.5 Å².